The van der Waals surface area contributed by atoms with Crippen LogP contribution in [0.25, 0.3) is 22.1 Å². The molecule has 0 fully saturated rings. The monoisotopic (exact) mass is 908 g/mol. The van der Waals surface area contributed by atoms with Gasteiger partial charge < -0.3 is 45.4 Å². The summed E-state index contributed by atoms with van der Waals surface area (Å²) in [5.41, 5.74) is 15.7. The number of amides is 5. The van der Waals surface area contributed by atoms with Gasteiger partial charge in [-0.2, -0.15) is 10.2 Å². The summed E-state index contributed by atoms with van der Waals surface area (Å²) in [5.74, 6) is -1.21. The third kappa shape index (κ3) is 9.98. The van der Waals surface area contributed by atoms with E-state index in [0.717, 1.165) is 0 Å². The molecular formula is C44H56N14O8. The predicted octanol–water partition coefficient (Wildman–Crippen LogP) is 2.75. The highest BCUT2D eigenvalue weighted by molar-refractivity contribution is 6.05. The van der Waals surface area contributed by atoms with E-state index >= 15 is 0 Å². The third-order valence-corrected chi connectivity index (χ3v) is 11.3. The maximum atomic E-state index is 13.9. The molecule has 5 heterocycles. The molecule has 1 atom stereocenters. The van der Waals surface area contributed by atoms with Crippen LogP contribution in [0.2, 0.25) is 0 Å². The molecule has 1 aliphatic rings. The quantitative estimate of drug-likeness (QED) is 0.0568. The molecule has 1 aliphatic heterocycles. The smallest absolute Gasteiger partial charge is 0.276 e. The van der Waals surface area contributed by atoms with Gasteiger partial charge in [-0.25, -0.2) is 9.97 Å². The minimum Gasteiger partial charge on any atom is -0.491 e. The van der Waals surface area contributed by atoms with Crippen LogP contribution in [0.1, 0.15) is 98.7 Å². The standard InChI is InChI=1S/C44H56N14O8/c1-6-56-32(18-25(3)52-56)41(63)50-43-48-30-20-27(39(45)61)22-34(65-16-9-13-54(5)36(60)24-47-12-15-59)37(30)55(43)14-8-10-29-11-17-66-35-23-28(40(46)62)21-31-38(35)58(29)44(49-31)51-42(64)33-19-26(4)53-57(33)7-2/h18-23,29,47,59H,6-17,24H2,1-5H3,(H2,45,61)(H2,46,62)(H,48,50,63)(H,49,51,64)/t29-/m0/s1. The second-order valence-corrected chi connectivity index (χ2v) is 16.0. The lowest BCUT2D eigenvalue weighted by Gasteiger charge is -2.21. The first kappa shape index (κ1) is 46.7. The molecule has 7 rings (SSSR count). The molecule has 0 aliphatic carbocycles. The number of nitrogens with zero attached hydrogens (tertiary/aromatic N) is 9. The Hall–Kier alpha value is -7.33. The Kier molecular flexibility index (Phi) is 14.3. The van der Waals surface area contributed by atoms with Crippen molar-refractivity contribution in [3.8, 4) is 11.5 Å². The Morgan fingerprint density at radius 1 is 0.848 bits per heavy atom. The number of carbonyl (C=O) groups is 5. The zero-order valence-electron chi connectivity index (χ0n) is 37.7. The van der Waals surface area contributed by atoms with Crippen LogP contribution in [-0.4, -0.2) is 125 Å². The Morgan fingerprint density at radius 3 is 2.08 bits per heavy atom. The molecule has 66 heavy (non-hydrogen) atoms. The van der Waals surface area contributed by atoms with E-state index in [9.17, 15) is 24.0 Å². The lowest BCUT2D eigenvalue weighted by Crippen LogP contribution is -2.37. The average molecular weight is 909 g/mol. The van der Waals surface area contributed by atoms with Crippen LogP contribution >= 0.6 is 0 Å². The molecule has 8 N–H and O–H groups in total. The summed E-state index contributed by atoms with van der Waals surface area (Å²) in [6, 6.07) is 9.36. The summed E-state index contributed by atoms with van der Waals surface area (Å²) in [5, 5.41) is 26.8. The fraction of sp³-hybridized carbons (Fsp3) is 0.432. The number of ether oxygens (including phenoxy) is 2. The number of nitrogens with one attached hydrogen (secondary N) is 3. The topological polar surface area (TPSA) is 287 Å². The molecule has 22 nitrogen and oxygen atoms in total. The van der Waals surface area contributed by atoms with E-state index in [4.69, 9.17) is 36.0 Å². The van der Waals surface area contributed by atoms with Gasteiger partial charge in [-0.3, -0.25) is 44.0 Å². The number of hydrogen-bond acceptors (Lipinski definition) is 13. The van der Waals surface area contributed by atoms with Crippen LogP contribution < -0.4 is 36.9 Å². The molecule has 4 aromatic heterocycles. The van der Waals surface area contributed by atoms with Crippen molar-refractivity contribution < 1.29 is 38.6 Å². The molecule has 0 radical (unpaired) electrons. The van der Waals surface area contributed by atoms with E-state index in [1.165, 1.54) is 0 Å². The summed E-state index contributed by atoms with van der Waals surface area (Å²) in [4.78, 5) is 76.5. The van der Waals surface area contributed by atoms with Gasteiger partial charge in [-0.15, -0.1) is 0 Å². The number of likely N-dealkylation sites (N-methyl/N-ethyl adjacent to an activating group) is 1. The molecular weight excluding hydrogens is 853 g/mol. The molecule has 0 saturated carbocycles. The SMILES string of the molecule is CCn1nc(C)cc1C(=O)Nc1nc2cc(C(N)=O)cc(OCCCN(C)C(=O)CNCCO)c2n1CCC[C@H]1CCOc2cc(C(N)=O)cc3nc(NC(=O)c4cc(C)nn4CC)n1c23. The number of hydrogen-bond donors (Lipinski definition) is 6. The number of rotatable bonds is 21. The van der Waals surface area contributed by atoms with Crippen molar-refractivity contribution >= 4 is 63.5 Å². The molecule has 0 spiro atoms. The van der Waals surface area contributed by atoms with Crippen molar-refractivity contribution in [2.24, 2.45) is 11.5 Å². The number of nitrogens with two attached hydrogens (primary N) is 2. The van der Waals surface area contributed by atoms with Crippen LogP contribution in [-0.2, 0) is 24.4 Å². The summed E-state index contributed by atoms with van der Waals surface area (Å²) >= 11 is 0. The van der Waals surface area contributed by atoms with Gasteiger partial charge in [0.15, 0.2) is 0 Å². The maximum Gasteiger partial charge on any atom is 0.276 e. The van der Waals surface area contributed by atoms with Gasteiger partial charge in [0.05, 0.1) is 48.8 Å². The zero-order valence-corrected chi connectivity index (χ0v) is 37.7. The summed E-state index contributed by atoms with van der Waals surface area (Å²) in [7, 11) is 1.68. The van der Waals surface area contributed by atoms with Crippen LogP contribution in [0.5, 0.6) is 11.5 Å². The molecule has 0 saturated heterocycles. The summed E-state index contributed by atoms with van der Waals surface area (Å²) < 4.78 is 19.5. The number of anilines is 2. The first-order valence-corrected chi connectivity index (χ1v) is 21.9. The van der Waals surface area contributed by atoms with Gasteiger partial charge in [0.1, 0.15) is 33.9 Å². The van der Waals surface area contributed by atoms with E-state index in [2.05, 4.69) is 26.1 Å². The molecule has 0 unspecified atom stereocenters. The summed E-state index contributed by atoms with van der Waals surface area (Å²) in [6.45, 7) is 9.72. The van der Waals surface area contributed by atoms with Gasteiger partial charge in [-0.1, -0.05) is 0 Å². The first-order chi connectivity index (χ1) is 31.7. The van der Waals surface area contributed by atoms with Crippen molar-refractivity contribution in [2.45, 2.75) is 79.1 Å². The van der Waals surface area contributed by atoms with Crippen molar-refractivity contribution in [2.75, 3.05) is 57.1 Å². The second-order valence-electron chi connectivity index (χ2n) is 16.0. The van der Waals surface area contributed by atoms with Crippen LogP contribution in [0.3, 0.4) is 0 Å². The minimum absolute atomic E-state index is 0.0783. The fourth-order valence-electron chi connectivity index (χ4n) is 8.17. The normalized spacial score (nSPS) is 13.4. The Bertz CT molecular complexity index is 2800. The molecule has 2 aromatic carbocycles. The van der Waals surface area contributed by atoms with Crippen LogP contribution in [0, 0.1) is 13.8 Å². The minimum atomic E-state index is -0.701. The molecule has 350 valence electrons. The van der Waals surface area contributed by atoms with Crippen LogP contribution in [0.4, 0.5) is 11.9 Å². The highest BCUT2D eigenvalue weighted by Crippen LogP contribution is 2.39. The van der Waals surface area contributed by atoms with E-state index < -0.39 is 23.6 Å². The van der Waals surface area contributed by atoms with Crippen molar-refractivity contribution in [3.63, 3.8) is 0 Å². The third-order valence-electron chi connectivity index (χ3n) is 11.3. The number of carbonyl (C=O) groups excluding carboxylic acids is 5. The average Bonchev–Trinajstić information content (AvgIpc) is 4.03. The van der Waals surface area contributed by atoms with Crippen molar-refractivity contribution in [1.82, 2.24) is 48.9 Å². The number of aromatic nitrogens is 8. The lowest BCUT2D eigenvalue weighted by atomic mass is 10.1. The maximum absolute atomic E-state index is 13.9. The Labute approximate surface area is 379 Å². The van der Waals surface area contributed by atoms with Gasteiger partial charge in [0, 0.05) is 63.4 Å². The first-order valence-electron chi connectivity index (χ1n) is 21.9. The van der Waals surface area contributed by atoms with Crippen molar-refractivity contribution in [3.05, 3.63) is 70.3 Å². The number of aliphatic hydroxyl groups excluding tert-OH is 1. The van der Waals surface area contributed by atoms with Gasteiger partial charge >= 0.3 is 0 Å². The van der Waals surface area contributed by atoms with Gasteiger partial charge in [-0.05, 0) is 83.4 Å². The van der Waals surface area contributed by atoms with E-state index in [1.807, 2.05) is 29.9 Å². The van der Waals surface area contributed by atoms with E-state index in [-0.39, 0.29) is 61.3 Å². The van der Waals surface area contributed by atoms with E-state index in [0.29, 0.717) is 115 Å². The number of imidazole rings is 2. The number of benzene rings is 2. The highest BCUT2D eigenvalue weighted by atomic mass is 16.5. The number of fused-ring (bicyclic) bond motifs is 1. The highest BCUT2D eigenvalue weighted by Gasteiger charge is 2.29. The number of primary amides is 2. The van der Waals surface area contributed by atoms with Gasteiger partial charge in [0.25, 0.3) is 11.8 Å². The summed E-state index contributed by atoms with van der Waals surface area (Å²) in [6.07, 6.45) is 1.94. The van der Waals surface area contributed by atoms with Gasteiger partial charge in [0.2, 0.25) is 29.6 Å². The molecule has 22 heteroatoms. The van der Waals surface area contributed by atoms with E-state index in [1.54, 1.807) is 64.6 Å². The fourth-order valence-corrected chi connectivity index (χ4v) is 8.17. The molecule has 0 bridgehead atoms. The predicted molar refractivity (Wildman–Crippen MR) is 244 cm³/mol. The van der Waals surface area contributed by atoms with Crippen molar-refractivity contribution in [1.29, 1.82) is 0 Å². The zero-order chi connectivity index (χ0) is 47.2. The largest absolute Gasteiger partial charge is 0.491 e. The number of aliphatic hydroxyl groups is 1. The molecule has 6 aromatic rings. The Balaban J connectivity index is 1.22. The van der Waals surface area contributed by atoms with Crippen LogP contribution in [0.15, 0.2) is 36.4 Å². The number of aryl methyl sites for hydroxylation is 5. The molecule has 5 amide bonds. The second kappa shape index (κ2) is 20.2. The lowest BCUT2D eigenvalue weighted by molar-refractivity contribution is -0.129. The Morgan fingerprint density at radius 2 is 1.45 bits per heavy atom.